The Balaban J connectivity index is 3.01. The molecule has 0 amide bonds. The minimum absolute atomic E-state index is 0.201. The fourth-order valence-corrected chi connectivity index (χ4v) is 1.28. The number of hydrogen-bond acceptors (Lipinski definition) is 3. The molecule has 0 heterocycles. The lowest BCUT2D eigenvalue weighted by atomic mass is 10.00. The fraction of sp³-hybridized carbons (Fsp3) is 0.182. The van der Waals surface area contributed by atoms with Gasteiger partial charge >= 0.3 is 5.97 Å². The molecule has 1 aromatic rings. The van der Waals surface area contributed by atoms with Crippen LogP contribution < -0.4 is 0 Å². The van der Waals surface area contributed by atoms with E-state index >= 15 is 0 Å². The first-order valence-corrected chi connectivity index (χ1v) is 4.35. The third kappa shape index (κ3) is 2.92. The van der Waals surface area contributed by atoms with E-state index in [4.69, 9.17) is 10.4 Å². The van der Waals surface area contributed by atoms with Crippen LogP contribution in [-0.2, 0) is 11.2 Å². The average Bonchev–Trinajstić information content (AvgIpc) is 2.18. The quantitative estimate of drug-likeness (QED) is 0.750. The summed E-state index contributed by atoms with van der Waals surface area (Å²) in [6, 6.07) is 8.19. The van der Waals surface area contributed by atoms with Crippen LogP contribution >= 0.6 is 0 Å². The van der Waals surface area contributed by atoms with Gasteiger partial charge in [0.05, 0.1) is 18.9 Å². The summed E-state index contributed by atoms with van der Waals surface area (Å²) in [5, 5.41) is 17.0. The first-order chi connectivity index (χ1) is 7.15. The number of hydrogen-bond donors (Lipinski definition) is 1. The van der Waals surface area contributed by atoms with Gasteiger partial charge in [0.25, 0.3) is 0 Å². The van der Waals surface area contributed by atoms with Gasteiger partial charge in [-0.15, -0.1) is 0 Å². The molecule has 0 aliphatic carbocycles. The highest BCUT2D eigenvalue weighted by molar-refractivity contribution is 5.99. The van der Waals surface area contributed by atoms with Gasteiger partial charge in [0.2, 0.25) is 0 Å². The monoisotopic (exact) mass is 203 g/mol. The molecule has 15 heavy (non-hydrogen) atoms. The molecule has 0 saturated heterocycles. The lowest BCUT2D eigenvalue weighted by Crippen LogP contribution is -2.07. The molecule has 4 heteroatoms. The molecule has 0 fully saturated rings. The number of Topliss-reactive ketones (excluding diaryl/α,β-unsaturated/α-hetero) is 1. The van der Waals surface area contributed by atoms with Crippen LogP contribution in [0, 0.1) is 11.3 Å². The van der Waals surface area contributed by atoms with Gasteiger partial charge in [-0.25, -0.2) is 0 Å². The number of aliphatic carboxylic acids is 1. The van der Waals surface area contributed by atoms with Crippen molar-refractivity contribution in [2.45, 2.75) is 12.8 Å². The van der Waals surface area contributed by atoms with Crippen molar-refractivity contribution in [3.8, 4) is 6.07 Å². The van der Waals surface area contributed by atoms with Crippen molar-refractivity contribution in [2.24, 2.45) is 0 Å². The van der Waals surface area contributed by atoms with Gasteiger partial charge in [0.1, 0.15) is 0 Å². The summed E-state index contributed by atoms with van der Waals surface area (Å²) in [7, 11) is 0. The highest BCUT2D eigenvalue weighted by atomic mass is 16.4. The number of carboxylic acids is 1. The van der Waals surface area contributed by atoms with Crippen LogP contribution in [0.2, 0.25) is 0 Å². The Hall–Kier alpha value is -2.15. The van der Waals surface area contributed by atoms with Crippen LogP contribution in [-0.4, -0.2) is 16.9 Å². The summed E-state index contributed by atoms with van der Waals surface area (Å²) < 4.78 is 0. The average molecular weight is 203 g/mol. The van der Waals surface area contributed by atoms with E-state index in [1.165, 1.54) is 6.07 Å². The van der Waals surface area contributed by atoms with Gasteiger partial charge in [0, 0.05) is 5.56 Å². The van der Waals surface area contributed by atoms with Gasteiger partial charge in [-0.1, -0.05) is 24.3 Å². The van der Waals surface area contributed by atoms with Gasteiger partial charge in [-0.05, 0) is 5.56 Å². The van der Waals surface area contributed by atoms with Crippen molar-refractivity contribution < 1.29 is 14.7 Å². The third-order valence-corrected chi connectivity index (χ3v) is 1.90. The number of rotatable bonds is 4. The molecular weight excluding hydrogens is 194 g/mol. The van der Waals surface area contributed by atoms with Crippen LogP contribution in [0.5, 0.6) is 0 Å². The molecule has 0 aliphatic heterocycles. The van der Waals surface area contributed by atoms with Crippen molar-refractivity contribution in [1.29, 1.82) is 5.26 Å². The van der Waals surface area contributed by atoms with E-state index in [0.717, 1.165) is 0 Å². The number of carbonyl (C=O) groups excluding carboxylic acids is 1. The lowest BCUT2D eigenvalue weighted by molar-refractivity contribution is -0.136. The van der Waals surface area contributed by atoms with Gasteiger partial charge in [0.15, 0.2) is 5.78 Å². The smallest absolute Gasteiger partial charge is 0.307 e. The zero-order valence-corrected chi connectivity index (χ0v) is 7.93. The molecule has 0 saturated carbocycles. The Morgan fingerprint density at radius 1 is 1.33 bits per heavy atom. The Morgan fingerprint density at radius 3 is 2.60 bits per heavy atom. The van der Waals surface area contributed by atoms with Crippen molar-refractivity contribution >= 4 is 11.8 Å². The van der Waals surface area contributed by atoms with E-state index in [0.29, 0.717) is 11.1 Å². The Kier molecular flexibility index (Phi) is 3.58. The third-order valence-electron chi connectivity index (χ3n) is 1.90. The second kappa shape index (κ2) is 4.91. The van der Waals surface area contributed by atoms with Crippen LogP contribution in [0.15, 0.2) is 24.3 Å². The number of ketones is 1. The molecular formula is C11H9NO3. The predicted molar refractivity (Wildman–Crippen MR) is 52.3 cm³/mol. The van der Waals surface area contributed by atoms with Gasteiger partial charge in [-0.2, -0.15) is 5.26 Å². The molecule has 1 rings (SSSR count). The van der Waals surface area contributed by atoms with E-state index in [1.807, 2.05) is 0 Å². The summed E-state index contributed by atoms with van der Waals surface area (Å²) in [4.78, 5) is 22.0. The SMILES string of the molecule is N#CCC(=O)c1ccccc1CC(=O)O. The standard InChI is InChI=1S/C11H9NO3/c12-6-5-10(13)9-4-2-1-3-8(9)7-11(14)15/h1-4H,5,7H2,(H,14,15). The first-order valence-electron chi connectivity index (χ1n) is 4.35. The highest BCUT2D eigenvalue weighted by Crippen LogP contribution is 2.11. The van der Waals surface area contributed by atoms with Crippen LogP contribution in [0.4, 0.5) is 0 Å². The predicted octanol–water partition coefficient (Wildman–Crippen LogP) is 1.41. The second-order valence-corrected chi connectivity index (χ2v) is 2.99. The van der Waals surface area contributed by atoms with Gasteiger partial charge in [-0.3, -0.25) is 9.59 Å². The molecule has 0 aliphatic rings. The minimum Gasteiger partial charge on any atom is -0.481 e. The zero-order chi connectivity index (χ0) is 11.3. The molecule has 1 N–H and O–H groups in total. The van der Waals surface area contributed by atoms with Crippen molar-refractivity contribution in [1.82, 2.24) is 0 Å². The number of benzene rings is 1. The van der Waals surface area contributed by atoms with Crippen LogP contribution in [0.3, 0.4) is 0 Å². The minimum atomic E-state index is -0.993. The maximum absolute atomic E-state index is 11.4. The van der Waals surface area contributed by atoms with Crippen molar-refractivity contribution in [2.75, 3.05) is 0 Å². The highest BCUT2D eigenvalue weighted by Gasteiger charge is 2.12. The number of carbonyl (C=O) groups is 2. The number of carboxylic acid groups (broad SMARTS) is 1. The molecule has 1 aromatic carbocycles. The Bertz CT molecular complexity index is 432. The molecule has 76 valence electrons. The maximum atomic E-state index is 11.4. The van der Waals surface area contributed by atoms with E-state index in [1.54, 1.807) is 24.3 Å². The van der Waals surface area contributed by atoms with E-state index in [9.17, 15) is 9.59 Å². The summed E-state index contributed by atoms with van der Waals surface area (Å²) >= 11 is 0. The Morgan fingerprint density at radius 2 is 2.00 bits per heavy atom. The molecule has 0 spiro atoms. The van der Waals surface area contributed by atoms with Crippen molar-refractivity contribution in [3.63, 3.8) is 0 Å². The lowest BCUT2D eigenvalue weighted by Gasteiger charge is -2.03. The van der Waals surface area contributed by atoms with Crippen LogP contribution in [0.25, 0.3) is 0 Å². The van der Waals surface area contributed by atoms with E-state index in [-0.39, 0.29) is 18.6 Å². The van der Waals surface area contributed by atoms with Crippen LogP contribution in [0.1, 0.15) is 22.3 Å². The van der Waals surface area contributed by atoms with E-state index < -0.39 is 5.97 Å². The molecule has 0 atom stereocenters. The molecule has 0 unspecified atom stereocenters. The summed E-state index contributed by atoms with van der Waals surface area (Å²) in [5.74, 6) is -1.33. The van der Waals surface area contributed by atoms with E-state index in [2.05, 4.69) is 0 Å². The fourth-order valence-electron chi connectivity index (χ4n) is 1.28. The summed E-state index contributed by atoms with van der Waals surface area (Å²) in [6.45, 7) is 0. The summed E-state index contributed by atoms with van der Waals surface area (Å²) in [6.07, 6.45) is -0.427. The topological polar surface area (TPSA) is 78.2 Å². The zero-order valence-electron chi connectivity index (χ0n) is 7.93. The molecule has 0 radical (unpaired) electrons. The van der Waals surface area contributed by atoms with Crippen molar-refractivity contribution in [3.05, 3.63) is 35.4 Å². The molecule has 0 aromatic heterocycles. The van der Waals surface area contributed by atoms with Gasteiger partial charge < -0.3 is 5.11 Å². The normalized spacial score (nSPS) is 9.27. The maximum Gasteiger partial charge on any atom is 0.307 e. The Labute approximate surface area is 86.8 Å². The summed E-state index contributed by atoms with van der Waals surface area (Å²) in [5.41, 5.74) is 0.770. The molecule has 4 nitrogen and oxygen atoms in total. The number of nitriles is 1. The second-order valence-electron chi connectivity index (χ2n) is 2.99. The first kappa shape index (κ1) is 10.9. The number of nitrogens with zero attached hydrogens (tertiary/aromatic N) is 1. The largest absolute Gasteiger partial charge is 0.481 e. The molecule has 0 bridgehead atoms.